The van der Waals surface area contributed by atoms with Gasteiger partial charge in [0.25, 0.3) is 0 Å². The minimum absolute atomic E-state index is 0.601. The second-order valence-electron chi connectivity index (χ2n) is 5.21. The molecule has 21 heavy (non-hydrogen) atoms. The zero-order valence-electron chi connectivity index (χ0n) is 12.0. The van der Waals surface area contributed by atoms with Gasteiger partial charge >= 0.3 is 0 Å². The lowest BCUT2D eigenvalue weighted by Crippen LogP contribution is -2.18. The standard InChI is InChI=1S/C17H18N4/c1-21(12-14-6-3-10-20-17(14)18)11-13-5-2-8-16-15(13)7-4-9-19-16/h2-10H,11-12H2,1H3,(H2,18,20). The van der Waals surface area contributed by atoms with Gasteiger partial charge in [-0.15, -0.1) is 0 Å². The number of fused-ring (bicyclic) bond motifs is 1. The predicted molar refractivity (Wildman–Crippen MR) is 85.6 cm³/mol. The number of nitrogens with two attached hydrogens (primary N) is 1. The average Bonchev–Trinajstić information content (AvgIpc) is 2.50. The van der Waals surface area contributed by atoms with Crippen LogP contribution >= 0.6 is 0 Å². The van der Waals surface area contributed by atoms with Crippen LogP contribution in [0, 0.1) is 0 Å². The second-order valence-corrected chi connectivity index (χ2v) is 5.21. The quantitative estimate of drug-likeness (QED) is 0.797. The van der Waals surface area contributed by atoms with Crippen molar-refractivity contribution in [2.75, 3.05) is 12.8 Å². The molecule has 0 unspecified atom stereocenters. The fourth-order valence-corrected chi connectivity index (χ4v) is 2.53. The maximum absolute atomic E-state index is 5.90. The van der Waals surface area contributed by atoms with Crippen molar-refractivity contribution in [3.05, 3.63) is 66.0 Å². The second kappa shape index (κ2) is 5.89. The van der Waals surface area contributed by atoms with Gasteiger partial charge in [0.1, 0.15) is 5.82 Å². The number of hydrogen-bond acceptors (Lipinski definition) is 4. The lowest BCUT2D eigenvalue weighted by Gasteiger charge is -2.18. The minimum atomic E-state index is 0.601. The summed E-state index contributed by atoms with van der Waals surface area (Å²) >= 11 is 0. The molecule has 106 valence electrons. The van der Waals surface area contributed by atoms with Crippen molar-refractivity contribution < 1.29 is 0 Å². The van der Waals surface area contributed by atoms with E-state index in [1.165, 1.54) is 10.9 Å². The summed E-state index contributed by atoms with van der Waals surface area (Å²) < 4.78 is 0. The Labute approximate surface area is 124 Å². The molecule has 0 radical (unpaired) electrons. The molecular formula is C17H18N4. The number of nitrogen functional groups attached to an aromatic ring is 1. The first kappa shape index (κ1) is 13.5. The van der Waals surface area contributed by atoms with E-state index in [-0.39, 0.29) is 0 Å². The number of benzene rings is 1. The van der Waals surface area contributed by atoms with Crippen LogP contribution in [0.5, 0.6) is 0 Å². The fourth-order valence-electron chi connectivity index (χ4n) is 2.53. The van der Waals surface area contributed by atoms with Gasteiger partial charge in [-0.2, -0.15) is 0 Å². The highest BCUT2D eigenvalue weighted by Gasteiger charge is 2.07. The first-order valence-electron chi connectivity index (χ1n) is 6.94. The molecule has 2 aromatic heterocycles. The topological polar surface area (TPSA) is 55.0 Å². The Morgan fingerprint density at radius 3 is 2.48 bits per heavy atom. The van der Waals surface area contributed by atoms with Crippen molar-refractivity contribution in [2.45, 2.75) is 13.1 Å². The molecule has 1 aromatic carbocycles. The zero-order chi connectivity index (χ0) is 14.7. The molecule has 0 amide bonds. The number of anilines is 1. The first-order valence-corrected chi connectivity index (χ1v) is 6.94. The lowest BCUT2D eigenvalue weighted by molar-refractivity contribution is 0.320. The summed E-state index contributed by atoms with van der Waals surface area (Å²) in [5, 5.41) is 1.20. The minimum Gasteiger partial charge on any atom is -0.383 e. The van der Waals surface area contributed by atoms with Crippen LogP contribution in [0.1, 0.15) is 11.1 Å². The molecule has 0 fully saturated rings. The molecule has 0 atom stereocenters. The van der Waals surface area contributed by atoms with Gasteiger partial charge in [0.2, 0.25) is 0 Å². The molecule has 2 heterocycles. The van der Waals surface area contributed by atoms with Gasteiger partial charge in [0.15, 0.2) is 0 Å². The third-order valence-corrected chi connectivity index (χ3v) is 3.54. The molecule has 4 nitrogen and oxygen atoms in total. The van der Waals surface area contributed by atoms with Gasteiger partial charge < -0.3 is 5.73 Å². The highest BCUT2D eigenvalue weighted by molar-refractivity contribution is 5.81. The Bertz CT molecular complexity index is 749. The maximum atomic E-state index is 5.90. The fraction of sp³-hybridized carbons (Fsp3) is 0.176. The SMILES string of the molecule is CN(Cc1cccnc1N)Cc1cccc2ncccc12. The molecule has 0 spiro atoms. The molecule has 0 aliphatic heterocycles. The van der Waals surface area contributed by atoms with Crippen molar-refractivity contribution in [2.24, 2.45) is 0 Å². The van der Waals surface area contributed by atoms with Crippen molar-refractivity contribution in [1.82, 2.24) is 14.9 Å². The molecule has 2 N–H and O–H groups in total. The van der Waals surface area contributed by atoms with Gasteiger partial charge in [0.05, 0.1) is 5.52 Å². The molecular weight excluding hydrogens is 260 g/mol. The monoisotopic (exact) mass is 278 g/mol. The Hall–Kier alpha value is -2.46. The maximum Gasteiger partial charge on any atom is 0.127 e. The van der Waals surface area contributed by atoms with Crippen LogP contribution in [0.4, 0.5) is 5.82 Å². The summed E-state index contributed by atoms with van der Waals surface area (Å²) in [4.78, 5) is 10.8. The van der Waals surface area contributed by atoms with Gasteiger partial charge in [0, 0.05) is 36.4 Å². The van der Waals surface area contributed by atoms with E-state index in [0.29, 0.717) is 5.82 Å². The van der Waals surface area contributed by atoms with Gasteiger partial charge in [-0.3, -0.25) is 9.88 Å². The van der Waals surface area contributed by atoms with Crippen molar-refractivity contribution in [3.8, 4) is 0 Å². The molecule has 4 heteroatoms. The van der Waals surface area contributed by atoms with Gasteiger partial charge in [-0.05, 0) is 30.8 Å². The highest BCUT2D eigenvalue weighted by atomic mass is 15.1. The largest absolute Gasteiger partial charge is 0.383 e. The summed E-state index contributed by atoms with van der Waals surface area (Å²) in [6, 6.07) is 14.3. The number of aromatic nitrogens is 2. The van der Waals surface area contributed by atoms with Crippen LogP contribution in [0.25, 0.3) is 10.9 Å². The van der Waals surface area contributed by atoms with Gasteiger partial charge in [-0.25, -0.2) is 4.98 Å². The summed E-state index contributed by atoms with van der Waals surface area (Å²) in [5.41, 5.74) is 9.26. The lowest BCUT2D eigenvalue weighted by atomic mass is 10.1. The van der Waals surface area contributed by atoms with E-state index in [0.717, 1.165) is 24.2 Å². The van der Waals surface area contributed by atoms with E-state index in [2.05, 4.69) is 40.1 Å². The molecule has 3 aromatic rings. The number of rotatable bonds is 4. The highest BCUT2D eigenvalue weighted by Crippen LogP contribution is 2.19. The smallest absolute Gasteiger partial charge is 0.127 e. The van der Waals surface area contributed by atoms with E-state index >= 15 is 0 Å². The Balaban J connectivity index is 1.81. The third-order valence-electron chi connectivity index (χ3n) is 3.54. The van der Waals surface area contributed by atoms with Crippen LogP contribution in [0.2, 0.25) is 0 Å². The first-order chi connectivity index (χ1) is 10.2. The average molecular weight is 278 g/mol. The third kappa shape index (κ3) is 3.01. The molecule has 0 bridgehead atoms. The van der Waals surface area contributed by atoms with E-state index in [9.17, 15) is 0 Å². The number of pyridine rings is 2. The molecule has 0 aliphatic carbocycles. The van der Waals surface area contributed by atoms with E-state index in [1.54, 1.807) is 6.20 Å². The van der Waals surface area contributed by atoms with E-state index in [4.69, 9.17) is 5.73 Å². The summed E-state index contributed by atoms with van der Waals surface area (Å²) in [5.74, 6) is 0.601. The van der Waals surface area contributed by atoms with Gasteiger partial charge in [-0.1, -0.05) is 24.3 Å². The number of hydrogen-bond donors (Lipinski definition) is 1. The molecule has 0 saturated carbocycles. The molecule has 3 rings (SSSR count). The van der Waals surface area contributed by atoms with Crippen molar-refractivity contribution in [1.29, 1.82) is 0 Å². The van der Waals surface area contributed by atoms with Crippen molar-refractivity contribution >= 4 is 16.7 Å². The van der Waals surface area contributed by atoms with Crippen LogP contribution in [0.3, 0.4) is 0 Å². The normalized spacial score (nSPS) is 11.1. The van der Waals surface area contributed by atoms with E-state index < -0.39 is 0 Å². The zero-order valence-corrected chi connectivity index (χ0v) is 12.0. The molecule has 0 saturated heterocycles. The Morgan fingerprint density at radius 1 is 0.905 bits per heavy atom. The Kier molecular flexibility index (Phi) is 3.79. The summed E-state index contributed by atoms with van der Waals surface area (Å²) in [7, 11) is 2.08. The summed E-state index contributed by atoms with van der Waals surface area (Å²) in [6.45, 7) is 1.62. The van der Waals surface area contributed by atoms with Crippen LogP contribution in [0.15, 0.2) is 54.9 Å². The van der Waals surface area contributed by atoms with Crippen LogP contribution in [-0.4, -0.2) is 21.9 Å². The number of nitrogens with zero attached hydrogens (tertiary/aromatic N) is 3. The van der Waals surface area contributed by atoms with Crippen LogP contribution < -0.4 is 5.73 Å². The Morgan fingerprint density at radius 2 is 1.62 bits per heavy atom. The predicted octanol–water partition coefficient (Wildman–Crippen LogP) is 2.84. The summed E-state index contributed by atoms with van der Waals surface area (Å²) in [6.07, 6.45) is 3.54. The van der Waals surface area contributed by atoms with Crippen LogP contribution in [-0.2, 0) is 13.1 Å². The molecule has 0 aliphatic rings. The van der Waals surface area contributed by atoms with Crippen molar-refractivity contribution in [3.63, 3.8) is 0 Å². The van der Waals surface area contributed by atoms with E-state index in [1.807, 2.05) is 30.5 Å².